The lowest BCUT2D eigenvalue weighted by molar-refractivity contribution is -0.150. The molecule has 1 atom stereocenters. The van der Waals surface area contributed by atoms with Crippen LogP contribution in [0, 0.1) is 11.8 Å². The van der Waals surface area contributed by atoms with Gasteiger partial charge in [-0.15, -0.1) is 0 Å². The van der Waals surface area contributed by atoms with E-state index in [0.717, 1.165) is 32.6 Å². The van der Waals surface area contributed by atoms with Gasteiger partial charge < -0.3 is 14.8 Å². The maximum absolute atomic E-state index is 11.6. The van der Waals surface area contributed by atoms with E-state index >= 15 is 0 Å². The molecule has 0 amide bonds. The summed E-state index contributed by atoms with van der Waals surface area (Å²) in [4.78, 5) is 11.6. The van der Waals surface area contributed by atoms with E-state index in [4.69, 9.17) is 9.47 Å². The highest BCUT2D eigenvalue weighted by molar-refractivity contribution is 5.72. The van der Waals surface area contributed by atoms with Crippen LogP contribution in [0.5, 0.6) is 0 Å². The van der Waals surface area contributed by atoms with Gasteiger partial charge in [0.15, 0.2) is 0 Å². The van der Waals surface area contributed by atoms with Gasteiger partial charge in [-0.3, -0.25) is 4.79 Å². The second-order valence-electron chi connectivity index (χ2n) is 4.39. The molecule has 16 heavy (non-hydrogen) atoms. The molecule has 0 aromatic carbocycles. The number of esters is 1. The highest BCUT2D eigenvalue weighted by atomic mass is 16.5. The summed E-state index contributed by atoms with van der Waals surface area (Å²) < 4.78 is 10.6. The van der Waals surface area contributed by atoms with Gasteiger partial charge in [-0.25, -0.2) is 0 Å². The number of hydrogen-bond donors (Lipinski definition) is 1. The van der Waals surface area contributed by atoms with Crippen molar-refractivity contribution < 1.29 is 14.3 Å². The molecule has 0 saturated carbocycles. The molecule has 1 N–H and O–H groups in total. The predicted octanol–water partition coefficient (Wildman–Crippen LogP) is 1.20. The number of nitrogens with one attached hydrogen (secondary N) is 1. The summed E-state index contributed by atoms with van der Waals surface area (Å²) in [6, 6.07) is 0. The van der Waals surface area contributed by atoms with E-state index in [0.29, 0.717) is 19.1 Å². The second-order valence-corrected chi connectivity index (χ2v) is 4.39. The zero-order valence-electron chi connectivity index (χ0n) is 10.3. The minimum atomic E-state index is -0.0903. The Bertz CT molecular complexity index is 202. The van der Waals surface area contributed by atoms with Gasteiger partial charge in [0.25, 0.3) is 0 Å². The first kappa shape index (κ1) is 13.5. The summed E-state index contributed by atoms with van der Waals surface area (Å²) >= 11 is 0. The smallest absolute Gasteiger partial charge is 0.309 e. The number of ether oxygens (including phenoxy) is 2. The molecule has 0 spiro atoms. The molecule has 1 aliphatic rings. The largest absolute Gasteiger partial charge is 0.465 e. The maximum Gasteiger partial charge on any atom is 0.309 e. The molecule has 1 fully saturated rings. The molecule has 1 saturated heterocycles. The van der Waals surface area contributed by atoms with Gasteiger partial charge in [0.1, 0.15) is 0 Å². The average molecular weight is 229 g/mol. The molecule has 1 unspecified atom stereocenters. The zero-order chi connectivity index (χ0) is 11.8. The number of carbonyl (C=O) groups is 1. The van der Waals surface area contributed by atoms with E-state index in [1.165, 1.54) is 0 Å². The number of hydrogen-bond acceptors (Lipinski definition) is 4. The van der Waals surface area contributed by atoms with Gasteiger partial charge in [-0.05, 0) is 25.3 Å². The van der Waals surface area contributed by atoms with Crippen LogP contribution in [0.25, 0.3) is 0 Å². The van der Waals surface area contributed by atoms with Gasteiger partial charge in [-0.2, -0.15) is 0 Å². The van der Waals surface area contributed by atoms with Crippen molar-refractivity contribution in [3.8, 4) is 0 Å². The monoisotopic (exact) mass is 229 g/mol. The van der Waals surface area contributed by atoms with E-state index in [1.807, 2.05) is 13.8 Å². The van der Waals surface area contributed by atoms with E-state index in [9.17, 15) is 4.79 Å². The Kier molecular flexibility index (Phi) is 6.42. The summed E-state index contributed by atoms with van der Waals surface area (Å²) in [5, 5.41) is 3.15. The Morgan fingerprint density at radius 3 is 2.81 bits per heavy atom. The van der Waals surface area contributed by atoms with Crippen LogP contribution in [-0.4, -0.2) is 38.9 Å². The fourth-order valence-electron chi connectivity index (χ4n) is 1.70. The van der Waals surface area contributed by atoms with Crippen molar-refractivity contribution in [2.75, 3.05) is 32.9 Å². The molecule has 4 heteroatoms. The molecule has 94 valence electrons. The minimum absolute atomic E-state index is 0.0557. The standard InChI is InChI=1S/C12H23NO3/c1-3-13-8-10(2)12(14)16-9-11-4-6-15-7-5-11/h10-11,13H,3-9H2,1-2H3. The van der Waals surface area contributed by atoms with Crippen molar-refractivity contribution in [1.82, 2.24) is 5.32 Å². The summed E-state index contributed by atoms with van der Waals surface area (Å²) in [5.41, 5.74) is 0. The highest BCUT2D eigenvalue weighted by Gasteiger charge is 2.18. The summed E-state index contributed by atoms with van der Waals surface area (Å²) in [6.07, 6.45) is 2.02. The van der Waals surface area contributed by atoms with Gasteiger partial charge in [0.05, 0.1) is 12.5 Å². The van der Waals surface area contributed by atoms with Crippen LogP contribution in [0.3, 0.4) is 0 Å². The SMILES string of the molecule is CCNCC(C)C(=O)OCC1CCOCC1. The lowest BCUT2D eigenvalue weighted by Crippen LogP contribution is -2.29. The van der Waals surface area contributed by atoms with Crippen molar-refractivity contribution in [2.45, 2.75) is 26.7 Å². The number of rotatable bonds is 6. The topological polar surface area (TPSA) is 47.6 Å². The van der Waals surface area contributed by atoms with E-state index in [1.54, 1.807) is 0 Å². The molecule has 1 heterocycles. The predicted molar refractivity (Wildman–Crippen MR) is 62.2 cm³/mol. The van der Waals surface area contributed by atoms with Crippen molar-refractivity contribution >= 4 is 5.97 Å². The molecular weight excluding hydrogens is 206 g/mol. The van der Waals surface area contributed by atoms with Crippen molar-refractivity contribution in [3.63, 3.8) is 0 Å². The lowest BCUT2D eigenvalue weighted by Gasteiger charge is -2.22. The first-order chi connectivity index (χ1) is 7.74. The molecule has 1 rings (SSSR count). The van der Waals surface area contributed by atoms with Crippen LogP contribution in [0.4, 0.5) is 0 Å². The first-order valence-electron chi connectivity index (χ1n) is 6.19. The van der Waals surface area contributed by atoms with Gasteiger partial charge in [0.2, 0.25) is 0 Å². The third kappa shape index (κ3) is 4.94. The second kappa shape index (κ2) is 7.63. The molecule has 0 radical (unpaired) electrons. The maximum atomic E-state index is 11.6. The van der Waals surface area contributed by atoms with Crippen LogP contribution in [0.1, 0.15) is 26.7 Å². The molecule has 0 aromatic heterocycles. The Morgan fingerprint density at radius 1 is 1.50 bits per heavy atom. The van der Waals surface area contributed by atoms with Crippen molar-refractivity contribution in [2.24, 2.45) is 11.8 Å². The molecule has 0 bridgehead atoms. The van der Waals surface area contributed by atoms with Crippen molar-refractivity contribution in [1.29, 1.82) is 0 Å². The van der Waals surface area contributed by atoms with Crippen molar-refractivity contribution in [3.05, 3.63) is 0 Å². The van der Waals surface area contributed by atoms with Gasteiger partial charge in [0, 0.05) is 19.8 Å². The minimum Gasteiger partial charge on any atom is -0.465 e. The fourth-order valence-corrected chi connectivity index (χ4v) is 1.70. The third-order valence-electron chi connectivity index (χ3n) is 2.91. The molecule has 1 aliphatic heterocycles. The lowest BCUT2D eigenvalue weighted by atomic mass is 10.0. The first-order valence-corrected chi connectivity index (χ1v) is 6.19. The van der Waals surface area contributed by atoms with E-state index < -0.39 is 0 Å². The summed E-state index contributed by atoms with van der Waals surface area (Å²) in [5.74, 6) is 0.344. The van der Waals surface area contributed by atoms with Gasteiger partial charge in [-0.1, -0.05) is 13.8 Å². The van der Waals surface area contributed by atoms with Crippen LogP contribution in [-0.2, 0) is 14.3 Å². The Morgan fingerprint density at radius 2 is 2.19 bits per heavy atom. The van der Waals surface area contributed by atoms with Crippen LogP contribution >= 0.6 is 0 Å². The van der Waals surface area contributed by atoms with Gasteiger partial charge >= 0.3 is 5.97 Å². The van der Waals surface area contributed by atoms with E-state index in [2.05, 4.69) is 5.32 Å². The zero-order valence-corrected chi connectivity index (χ0v) is 10.3. The fraction of sp³-hybridized carbons (Fsp3) is 0.917. The average Bonchev–Trinajstić information content (AvgIpc) is 2.34. The highest BCUT2D eigenvalue weighted by Crippen LogP contribution is 2.15. The molecule has 0 aliphatic carbocycles. The quantitative estimate of drug-likeness (QED) is 0.695. The Balaban J connectivity index is 2.12. The molecule has 4 nitrogen and oxygen atoms in total. The van der Waals surface area contributed by atoms with Crippen LogP contribution in [0.2, 0.25) is 0 Å². The van der Waals surface area contributed by atoms with Crippen LogP contribution in [0.15, 0.2) is 0 Å². The van der Waals surface area contributed by atoms with E-state index in [-0.39, 0.29) is 11.9 Å². The number of carbonyl (C=O) groups excluding carboxylic acids is 1. The normalized spacial score (nSPS) is 19.4. The summed E-state index contributed by atoms with van der Waals surface area (Å²) in [7, 11) is 0. The molecular formula is C12H23NO3. The Labute approximate surface area is 97.7 Å². The Hall–Kier alpha value is -0.610. The molecule has 0 aromatic rings. The third-order valence-corrected chi connectivity index (χ3v) is 2.91. The summed E-state index contributed by atoms with van der Waals surface area (Å²) in [6.45, 7) is 7.67. The van der Waals surface area contributed by atoms with Crippen LogP contribution < -0.4 is 5.32 Å².